The van der Waals surface area contributed by atoms with Gasteiger partial charge in [-0.25, -0.2) is 0 Å². The first-order valence-electron chi connectivity index (χ1n) is 6.26. The number of halogens is 1. The van der Waals surface area contributed by atoms with E-state index in [4.69, 9.17) is 17.3 Å². The minimum absolute atomic E-state index is 0.0274. The molecule has 0 aromatic heterocycles. The zero-order valence-corrected chi connectivity index (χ0v) is 12.0. The van der Waals surface area contributed by atoms with E-state index in [1.807, 2.05) is 32.9 Å². The van der Waals surface area contributed by atoms with Crippen LogP contribution in [0.25, 0.3) is 0 Å². The average molecular weight is 269 g/mol. The van der Waals surface area contributed by atoms with E-state index < -0.39 is 5.41 Å². The normalized spacial score (nSPS) is 11.4. The summed E-state index contributed by atoms with van der Waals surface area (Å²) in [5.74, 6) is -0.0274. The van der Waals surface area contributed by atoms with Crippen molar-refractivity contribution in [3.05, 3.63) is 28.8 Å². The first-order chi connectivity index (χ1) is 8.49. The zero-order chi connectivity index (χ0) is 13.8. The van der Waals surface area contributed by atoms with E-state index in [1.165, 1.54) is 0 Å². The van der Waals surface area contributed by atoms with Crippen LogP contribution in [0, 0.1) is 12.3 Å². The van der Waals surface area contributed by atoms with Gasteiger partial charge in [0.05, 0.1) is 5.41 Å². The number of anilines is 1. The minimum atomic E-state index is -0.491. The van der Waals surface area contributed by atoms with Crippen LogP contribution in [0.1, 0.15) is 32.3 Å². The molecule has 0 atom stereocenters. The summed E-state index contributed by atoms with van der Waals surface area (Å²) in [6.07, 6.45) is 1.46. The van der Waals surface area contributed by atoms with E-state index in [1.54, 1.807) is 6.07 Å². The summed E-state index contributed by atoms with van der Waals surface area (Å²) in [6.45, 7) is 6.26. The highest BCUT2D eigenvalue weighted by Crippen LogP contribution is 2.28. The molecular formula is C14H21ClN2O. The topological polar surface area (TPSA) is 55.1 Å². The van der Waals surface area contributed by atoms with Gasteiger partial charge in [-0.15, -0.1) is 0 Å². The Labute approximate surface area is 114 Å². The standard InChI is InChI=1S/C14H21ClN2O/c1-4-14(5-2,9-16)13(18)17-12-8-11(15)7-6-10(12)3/h6-8H,4-5,9,16H2,1-3H3,(H,17,18). The fourth-order valence-corrected chi connectivity index (χ4v) is 2.11. The lowest BCUT2D eigenvalue weighted by molar-refractivity contribution is -0.125. The van der Waals surface area contributed by atoms with Crippen LogP contribution in [0.2, 0.25) is 5.02 Å². The molecule has 3 nitrogen and oxygen atoms in total. The Bertz CT molecular complexity index is 420. The number of amides is 1. The molecule has 0 radical (unpaired) electrons. The van der Waals surface area contributed by atoms with Crippen molar-refractivity contribution in [1.29, 1.82) is 0 Å². The van der Waals surface area contributed by atoms with E-state index in [0.717, 1.165) is 24.1 Å². The number of nitrogens with one attached hydrogen (secondary N) is 1. The SMILES string of the molecule is CCC(CC)(CN)C(=O)Nc1cc(Cl)ccc1C. The second kappa shape index (κ2) is 6.21. The second-order valence-corrected chi connectivity index (χ2v) is 5.04. The van der Waals surface area contributed by atoms with Crippen molar-refractivity contribution >= 4 is 23.2 Å². The lowest BCUT2D eigenvalue weighted by Crippen LogP contribution is -2.41. The quantitative estimate of drug-likeness (QED) is 0.860. The molecule has 0 aliphatic rings. The Kier molecular flexibility index (Phi) is 5.17. The fraction of sp³-hybridized carbons (Fsp3) is 0.500. The average Bonchev–Trinajstić information content (AvgIpc) is 2.37. The van der Waals surface area contributed by atoms with Crippen molar-refractivity contribution in [2.24, 2.45) is 11.1 Å². The summed E-state index contributed by atoms with van der Waals surface area (Å²) in [5.41, 5.74) is 7.02. The molecule has 4 heteroatoms. The van der Waals surface area contributed by atoms with Crippen LogP contribution in [0.15, 0.2) is 18.2 Å². The summed E-state index contributed by atoms with van der Waals surface area (Å²) in [5, 5.41) is 3.55. The Morgan fingerprint density at radius 2 is 2.00 bits per heavy atom. The van der Waals surface area contributed by atoms with Gasteiger partial charge >= 0.3 is 0 Å². The first kappa shape index (κ1) is 15.0. The van der Waals surface area contributed by atoms with Crippen molar-refractivity contribution in [3.8, 4) is 0 Å². The van der Waals surface area contributed by atoms with Gasteiger partial charge in [-0.1, -0.05) is 31.5 Å². The van der Waals surface area contributed by atoms with Gasteiger partial charge in [0.2, 0.25) is 5.91 Å². The van der Waals surface area contributed by atoms with Gasteiger partial charge in [0, 0.05) is 17.3 Å². The highest BCUT2D eigenvalue weighted by atomic mass is 35.5. The van der Waals surface area contributed by atoms with Gasteiger partial charge in [0.15, 0.2) is 0 Å². The van der Waals surface area contributed by atoms with Crippen LogP contribution in [-0.2, 0) is 4.79 Å². The molecule has 0 bridgehead atoms. The van der Waals surface area contributed by atoms with Crippen LogP contribution in [-0.4, -0.2) is 12.5 Å². The third-order valence-corrected chi connectivity index (χ3v) is 3.91. The molecule has 1 amide bonds. The zero-order valence-electron chi connectivity index (χ0n) is 11.2. The Balaban J connectivity index is 2.96. The summed E-state index contributed by atoms with van der Waals surface area (Å²) < 4.78 is 0. The molecule has 0 saturated heterocycles. The summed E-state index contributed by atoms with van der Waals surface area (Å²) in [6, 6.07) is 5.46. The highest BCUT2D eigenvalue weighted by Gasteiger charge is 2.33. The lowest BCUT2D eigenvalue weighted by atomic mass is 9.81. The molecule has 1 aromatic carbocycles. The molecule has 0 saturated carbocycles. The maximum absolute atomic E-state index is 12.4. The molecule has 0 fully saturated rings. The molecule has 1 rings (SSSR count). The van der Waals surface area contributed by atoms with E-state index in [9.17, 15) is 4.79 Å². The van der Waals surface area contributed by atoms with Gasteiger partial charge in [-0.2, -0.15) is 0 Å². The number of nitrogens with two attached hydrogens (primary N) is 1. The third-order valence-electron chi connectivity index (χ3n) is 3.67. The number of rotatable bonds is 5. The van der Waals surface area contributed by atoms with Crippen molar-refractivity contribution in [3.63, 3.8) is 0 Å². The molecule has 0 unspecified atom stereocenters. The molecule has 3 N–H and O–H groups in total. The van der Waals surface area contributed by atoms with Gasteiger partial charge in [0.1, 0.15) is 0 Å². The monoisotopic (exact) mass is 268 g/mol. The minimum Gasteiger partial charge on any atom is -0.329 e. The van der Waals surface area contributed by atoms with Crippen molar-refractivity contribution in [2.75, 3.05) is 11.9 Å². The van der Waals surface area contributed by atoms with Crippen molar-refractivity contribution in [1.82, 2.24) is 0 Å². The maximum Gasteiger partial charge on any atom is 0.231 e. The molecule has 18 heavy (non-hydrogen) atoms. The van der Waals surface area contributed by atoms with Crippen LogP contribution in [0.5, 0.6) is 0 Å². The predicted molar refractivity (Wildman–Crippen MR) is 76.9 cm³/mol. The van der Waals surface area contributed by atoms with Crippen LogP contribution >= 0.6 is 11.6 Å². The van der Waals surface area contributed by atoms with E-state index >= 15 is 0 Å². The van der Waals surface area contributed by atoms with E-state index in [-0.39, 0.29) is 5.91 Å². The maximum atomic E-state index is 12.4. The largest absolute Gasteiger partial charge is 0.329 e. The summed E-state index contributed by atoms with van der Waals surface area (Å²) in [4.78, 5) is 12.4. The van der Waals surface area contributed by atoms with Gasteiger partial charge in [0.25, 0.3) is 0 Å². The van der Waals surface area contributed by atoms with Crippen LogP contribution in [0.4, 0.5) is 5.69 Å². The number of hydrogen-bond donors (Lipinski definition) is 2. The van der Waals surface area contributed by atoms with E-state index in [0.29, 0.717) is 11.6 Å². The molecule has 0 spiro atoms. The van der Waals surface area contributed by atoms with Gasteiger partial charge in [-0.3, -0.25) is 4.79 Å². The van der Waals surface area contributed by atoms with Crippen molar-refractivity contribution in [2.45, 2.75) is 33.6 Å². The summed E-state index contributed by atoms with van der Waals surface area (Å²) >= 11 is 5.94. The highest BCUT2D eigenvalue weighted by molar-refractivity contribution is 6.31. The van der Waals surface area contributed by atoms with Crippen LogP contribution < -0.4 is 11.1 Å². The molecular weight excluding hydrogens is 248 g/mol. The number of benzene rings is 1. The molecule has 0 heterocycles. The van der Waals surface area contributed by atoms with E-state index in [2.05, 4.69) is 5.32 Å². The molecule has 0 aliphatic carbocycles. The number of carbonyl (C=O) groups is 1. The number of carbonyl (C=O) groups excluding carboxylic acids is 1. The summed E-state index contributed by atoms with van der Waals surface area (Å²) in [7, 11) is 0. The predicted octanol–water partition coefficient (Wildman–Crippen LogP) is 3.35. The second-order valence-electron chi connectivity index (χ2n) is 4.60. The van der Waals surface area contributed by atoms with Crippen molar-refractivity contribution < 1.29 is 4.79 Å². The Morgan fingerprint density at radius 3 is 2.50 bits per heavy atom. The third kappa shape index (κ3) is 3.03. The molecule has 100 valence electrons. The lowest BCUT2D eigenvalue weighted by Gasteiger charge is -2.28. The van der Waals surface area contributed by atoms with Gasteiger partial charge in [-0.05, 0) is 37.5 Å². The smallest absolute Gasteiger partial charge is 0.231 e. The first-order valence-corrected chi connectivity index (χ1v) is 6.64. The Morgan fingerprint density at radius 1 is 1.39 bits per heavy atom. The fourth-order valence-electron chi connectivity index (χ4n) is 1.94. The number of aryl methyl sites for hydroxylation is 1. The number of hydrogen-bond acceptors (Lipinski definition) is 2. The molecule has 0 aliphatic heterocycles. The van der Waals surface area contributed by atoms with Gasteiger partial charge < -0.3 is 11.1 Å². The van der Waals surface area contributed by atoms with Crippen LogP contribution in [0.3, 0.4) is 0 Å². The Hall–Kier alpha value is -1.06. The molecule has 1 aromatic rings.